The van der Waals surface area contributed by atoms with E-state index in [2.05, 4.69) is 10.3 Å². The normalized spacial score (nSPS) is 10.1. The average molecular weight is 386 g/mol. The van der Waals surface area contributed by atoms with Crippen LogP contribution in [0.15, 0.2) is 36.5 Å². The van der Waals surface area contributed by atoms with E-state index in [1.165, 1.54) is 18.2 Å². The number of benzene rings is 1. The summed E-state index contributed by atoms with van der Waals surface area (Å²) in [6.45, 7) is 0. The maximum atomic E-state index is 12.9. The van der Waals surface area contributed by atoms with Gasteiger partial charge in [0.15, 0.2) is 0 Å². The fraction of sp³-hybridized carbons (Fsp3) is 0. The molecule has 0 unspecified atom stereocenters. The minimum atomic E-state index is -1.15. The van der Waals surface area contributed by atoms with Crippen LogP contribution >= 0.6 is 22.6 Å². The fourth-order valence-corrected chi connectivity index (χ4v) is 2.03. The second-order valence-electron chi connectivity index (χ2n) is 3.82. The number of nitrogens with zero attached hydrogens (tertiary/aromatic N) is 1. The molecule has 2 N–H and O–H groups in total. The first-order valence-corrected chi connectivity index (χ1v) is 6.51. The monoisotopic (exact) mass is 386 g/mol. The van der Waals surface area contributed by atoms with Gasteiger partial charge in [-0.05, 0) is 46.9 Å². The number of carboxylic acids is 1. The molecular formula is C13H8FIN2O3. The first kappa shape index (κ1) is 14.4. The summed E-state index contributed by atoms with van der Waals surface area (Å²) in [7, 11) is 0. The van der Waals surface area contributed by atoms with Crippen molar-refractivity contribution in [3.8, 4) is 0 Å². The molecule has 1 amide bonds. The molecule has 20 heavy (non-hydrogen) atoms. The molecule has 1 aromatic heterocycles. The van der Waals surface area contributed by atoms with Gasteiger partial charge >= 0.3 is 5.97 Å². The van der Waals surface area contributed by atoms with Crippen LogP contribution in [0.25, 0.3) is 0 Å². The summed E-state index contributed by atoms with van der Waals surface area (Å²) in [5.41, 5.74) is 0.187. The molecule has 2 aromatic rings. The summed E-state index contributed by atoms with van der Waals surface area (Å²) in [6.07, 6.45) is 1.16. The quantitative estimate of drug-likeness (QED) is 0.628. The predicted molar refractivity (Wildman–Crippen MR) is 78.3 cm³/mol. The number of hydrogen-bond donors (Lipinski definition) is 2. The highest BCUT2D eigenvalue weighted by Crippen LogP contribution is 2.19. The Morgan fingerprint density at radius 1 is 1.25 bits per heavy atom. The van der Waals surface area contributed by atoms with E-state index in [0.717, 1.165) is 15.8 Å². The summed E-state index contributed by atoms with van der Waals surface area (Å²) in [6, 6.07) is 6.90. The molecule has 0 spiro atoms. The third kappa shape index (κ3) is 3.29. The standard InChI is InChI=1S/C13H8FIN2O3/c14-11-5-7(3-4-16-11)12(18)17-10-2-1-8(15)6-9(10)13(19)20/h1-6H,(H,17,18)(H,19,20). The third-order valence-electron chi connectivity index (χ3n) is 2.45. The first-order chi connectivity index (χ1) is 9.47. The lowest BCUT2D eigenvalue weighted by molar-refractivity contribution is 0.0698. The number of hydrogen-bond acceptors (Lipinski definition) is 3. The topological polar surface area (TPSA) is 79.3 Å². The van der Waals surface area contributed by atoms with Crippen molar-refractivity contribution in [2.75, 3.05) is 5.32 Å². The van der Waals surface area contributed by atoms with Crippen LogP contribution in [0.5, 0.6) is 0 Å². The van der Waals surface area contributed by atoms with Gasteiger partial charge in [0, 0.05) is 21.4 Å². The van der Waals surface area contributed by atoms with Gasteiger partial charge in [0.25, 0.3) is 5.91 Å². The molecular weight excluding hydrogens is 378 g/mol. The van der Waals surface area contributed by atoms with Gasteiger partial charge in [-0.3, -0.25) is 4.79 Å². The van der Waals surface area contributed by atoms with Crippen molar-refractivity contribution >= 4 is 40.2 Å². The van der Waals surface area contributed by atoms with Crippen molar-refractivity contribution < 1.29 is 19.1 Å². The number of aromatic nitrogens is 1. The average Bonchev–Trinajstić information content (AvgIpc) is 2.40. The van der Waals surface area contributed by atoms with Gasteiger partial charge in [-0.25, -0.2) is 9.78 Å². The fourth-order valence-electron chi connectivity index (χ4n) is 1.54. The van der Waals surface area contributed by atoms with Gasteiger partial charge in [0.1, 0.15) is 0 Å². The Morgan fingerprint density at radius 2 is 2.00 bits per heavy atom. The van der Waals surface area contributed by atoms with Gasteiger partial charge in [-0.2, -0.15) is 4.39 Å². The molecule has 0 bridgehead atoms. The van der Waals surface area contributed by atoms with Gasteiger partial charge in [0.05, 0.1) is 11.3 Å². The van der Waals surface area contributed by atoms with E-state index in [1.54, 1.807) is 6.07 Å². The maximum absolute atomic E-state index is 12.9. The van der Waals surface area contributed by atoms with Crippen molar-refractivity contribution in [2.45, 2.75) is 0 Å². The van der Waals surface area contributed by atoms with Crippen LogP contribution in [0.3, 0.4) is 0 Å². The van der Waals surface area contributed by atoms with Gasteiger partial charge in [-0.1, -0.05) is 0 Å². The van der Waals surface area contributed by atoms with E-state index in [-0.39, 0.29) is 16.8 Å². The molecule has 0 saturated heterocycles. The molecule has 0 aliphatic carbocycles. The molecule has 5 nitrogen and oxygen atoms in total. The lowest BCUT2D eigenvalue weighted by Gasteiger charge is -2.09. The van der Waals surface area contributed by atoms with Gasteiger partial charge in [-0.15, -0.1) is 0 Å². The Morgan fingerprint density at radius 3 is 2.65 bits per heavy atom. The molecule has 0 fully saturated rings. The van der Waals surface area contributed by atoms with Crippen molar-refractivity contribution in [3.63, 3.8) is 0 Å². The van der Waals surface area contributed by atoms with Gasteiger partial charge < -0.3 is 10.4 Å². The maximum Gasteiger partial charge on any atom is 0.337 e. The SMILES string of the molecule is O=C(Nc1ccc(I)cc1C(=O)O)c1ccnc(F)c1. The zero-order chi connectivity index (χ0) is 14.7. The van der Waals surface area contributed by atoms with Crippen molar-refractivity contribution in [1.29, 1.82) is 0 Å². The van der Waals surface area contributed by atoms with E-state index in [9.17, 15) is 14.0 Å². The van der Waals surface area contributed by atoms with E-state index in [4.69, 9.17) is 5.11 Å². The molecule has 0 saturated carbocycles. The largest absolute Gasteiger partial charge is 0.478 e. The molecule has 0 aliphatic rings. The summed E-state index contributed by atoms with van der Waals surface area (Å²) in [5, 5.41) is 11.5. The number of carbonyl (C=O) groups is 2. The van der Waals surface area contributed by atoms with E-state index in [1.807, 2.05) is 22.6 Å². The Balaban J connectivity index is 2.30. The molecule has 0 aliphatic heterocycles. The van der Waals surface area contributed by atoms with Crippen molar-refractivity contribution in [2.24, 2.45) is 0 Å². The number of carbonyl (C=O) groups excluding carboxylic acids is 1. The number of aromatic carboxylic acids is 1. The molecule has 7 heteroatoms. The highest BCUT2D eigenvalue weighted by Gasteiger charge is 2.14. The highest BCUT2D eigenvalue weighted by atomic mass is 127. The Bertz CT molecular complexity index is 691. The predicted octanol–water partition coefficient (Wildman–Crippen LogP) is 2.78. The Hall–Kier alpha value is -2.03. The zero-order valence-electron chi connectivity index (χ0n) is 9.93. The van der Waals surface area contributed by atoms with E-state index in [0.29, 0.717) is 0 Å². The molecule has 0 atom stereocenters. The minimum Gasteiger partial charge on any atom is -0.478 e. The number of halogens is 2. The lowest BCUT2D eigenvalue weighted by atomic mass is 10.1. The summed E-state index contributed by atoms with van der Waals surface area (Å²) < 4.78 is 13.7. The Kier molecular flexibility index (Phi) is 4.28. The number of nitrogens with one attached hydrogen (secondary N) is 1. The third-order valence-corrected chi connectivity index (χ3v) is 3.12. The molecule has 0 radical (unpaired) electrons. The van der Waals surface area contributed by atoms with Crippen LogP contribution in [0, 0.1) is 9.52 Å². The highest BCUT2D eigenvalue weighted by molar-refractivity contribution is 14.1. The van der Waals surface area contributed by atoms with Crippen LogP contribution in [-0.2, 0) is 0 Å². The number of carboxylic acid groups (broad SMARTS) is 1. The van der Waals surface area contributed by atoms with Crippen LogP contribution < -0.4 is 5.32 Å². The van der Waals surface area contributed by atoms with Crippen molar-refractivity contribution in [1.82, 2.24) is 4.98 Å². The molecule has 1 heterocycles. The molecule has 2 rings (SSSR count). The van der Waals surface area contributed by atoms with Crippen LogP contribution in [-0.4, -0.2) is 22.0 Å². The molecule has 1 aromatic carbocycles. The Labute approximate surface area is 127 Å². The number of amides is 1. The van der Waals surface area contributed by atoms with E-state index < -0.39 is 17.8 Å². The number of rotatable bonds is 3. The van der Waals surface area contributed by atoms with Crippen LogP contribution in [0.1, 0.15) is 20.7 Å². The number of pyridine rings is 1. The van der Waals surface area contributed by atoms with Crippen LogP contribution in [0.2, 0.25) is 0 Å². The lowest BCUT2D eigenvalue weighted by Crippen LogP contribution is -2.15. The second-order valence-corrected chi connectivity index (χ2v) is 5.06. The summed E-state index contributed by atoms with van der Waals surface area (Å²) in [4.78, 5) is 26.4. The summed E-state index contributed by atoms with van der Waals surface area (Å²) >= 11 is 1.97. The van der Waals surface area contributed by atoms with Crippen LogP contribution in [0.4, 0.5) is 10.1 Å². The van der Waals surface area contributed by atoms with Gasteiger partial charge in [0.2, 0.25) is 5.95 Å². The summed E-state index contributed by atoms with van der Waals surface area (Å²) in [5.74, 6) is -2.53. The molecule has 102 valence electrons. The second kappa shape index (κ2) is 5.95. The van der Waals surface area contributed by atoms with E-state index >= 15 is 0 Å². The zero-order valence-corrected chi connectivity index (χ0v) is 12.1. The number of anilines is 1. The minimum absolute atomic E-state index is 0.0280. The first-order valence-electron chi connectivity index (χ1n) is 5.43. The van der Waals surface area contributed by atoms with Crippen molar-refractivity contribution in [3.05, 3.63) is 57.2 Å². The smallest absolute Gasteiger partial charge is 0.337 e.